The van der Waals surface area contributed by atoms with Crippen molar-refractivity contribution in [1.29, 1.82) is 0 Å². The van der Waals surface area contributed by atoms with E-state index < -0.39 is 5.60 Å². The maximum absolute atomic E-state index is 13.2. The van der Waals surface area contributed by atoms with E-state index in [9.17, 15) is 14.7 Å². The number of carbonyl (C=O) groups is 2. The molecule has 0 radical (unpaired) electrons. The van der Waals surface area contributed by atoms with Crippen molar-refractivity contribution in [1.82, 2.24) is 0 Å². The summed E-state index contributed by atoms with van der Waals surface area (Å²) in [6.07, 6.45) is 8.86. The summed E-state index contributed by atoms with van der Waals surface area (Å²) in [5.74, 6) is 4.97. The van der Waals surface area contributed by atoms with Crippen molar-refractivity contribution in [3.8, 4) is 0 Å². The number of aliphatic hydroxyl groups is 1. The van der Waals surface area contributed by atoms with Gasteiger partial charge < -0.3 is 10.0 Å². The summed E-state index contributed by atoms with van der Waals surface area (Å²) in [5.41, 5.74) is -0.510. The molecule has 172 valence electrons. The average molecular weight is 429 g/mol. The van der Waals surface area contributed by atoms with Crippen LogP contribution in [-0.4, -0.2) is 41.4 Å². The number of piperidine rings is 2. The Kier molecular flexibility index (Phi) is 4.63. The van der Waals surface area contributed by atoms with E-state index in [-0.39, 0.29) is 11.3 Å². The molecule has 6 aliphatic rings. The SMILES string of the molecule is CC1CCC2[NH+](C1)CC1C3CC4C(CC(=O)C5CC(=O)CCC54C)C3CCC1C2(C)O. The number of ketones is 2. The van der Waals surface area contributed by atoms with Gasteiger partial charge in [-0.2, -0.15) is 0 Å². The maximum atomic E-state index is 13.2. The normalized spacial score (nSPS) is 58.6. The van der Waals surface area contributed by atoms with Gasteiger partial charge in [-0.05, 0) is 68.1 Å². The molecule has 0 bridgehead atoms. The smallest absolute Gasteiger partial charge is 0.137 e. The minimum Gasteiger partial charge on any atom is -0.384 e. The molecule has 0 amide bonds. The summed E-state index contributed by atoms with van der Waals surface area (Å²) in [4.78, 5) is 27.1. The van der Waals surface area contributed by atoms with Gasteiger partial charge in [0.1, 0.15) is 23.2 Å². The predicted octanol–water partition coefficient (Wildman–Crippen LogP) is 2.68. The summed E-state index contributed by atoms with van der Waals surface area (Å²) in [7, 11) is 0. The quantitative estimate of drug-likeness (QED) is 0.624. The van der Waals surface area contributed by atoms with E-state index in [1.807, 2.05) is 0 Å². The summed E-state index contributed by atoms with van der Waals surface area (Å²) in [6.45, 7) is 9.37. The molecule has 12 atom stereocenters. The fourth-order valence-corrected chi connectivity index (χ4v) is 10.4. The molecule has 12 unspecified atom stereocenters. The van der Waals surface area contributed by atoms with Gasteiger partial charge in [-0.3, -0.25) is 9.59 Å². The van der Waals surface area contributed by atoms with Crippen LogP contribution in [0.25, 0.3) is 0 Å². The van der Waals surface area contributed by atoms with Crippen LogP contribution >= 0.6 is 0 Å². The van der Waals surface area contributed by atoms with E-state index in [0.717, 1.165) is 25.2 Å². The summed E-state index contributed by atoms with van der Waals surface area (Å²) < 4.78 is 0. The van der Waals surface area contributed by atoms with Gasteiger partial charge in [0.2, 0.25) is 0 Å². The molecule has 31 heavy (non-hydrogen) atoms. The Morgan fingerprint density at radius 3 is 2.52 bits per heavy atom. The highest BCUT2D eigenvalue weighted by atomic mass is 16.3. The maximum Gasteiger partial charge on any atom is 0.137 e. The average Bonchev–Trinajstić information content (AvgIpc) is 3.09. The van der Waals surface area contributed by atoms with Crippen LogP contribution in [0.15, 0.2) is 0 Å². The third-order valence-corrected chi connectivity index (χ3v) is 11.9. The van der Waals surface area contributed by atoms with Crippen molar-refractivity contribution >= 4 is 11.6 Å². The lowest BCUT2D eigenvalue weighted by Gasteiger charge is -2.57. The third-order valence-electron chi connectivity index (χ3n) is 11.9. The van der Waals surface area contributed by atoms with Gasteiger partial charge in [0.25, 0.3) is 0 Å². The largest absolute Gasteiger partial charge is 0.384 e. The highest BCUT2D eigenvalue weighted by Gasteiger charge is 2.65. The minimum atomic E-state index is -0.545. The van der Waals surface area contributed by atoms with Crippen molar-refractivity contribution in [2.75, 3.05) is 13.1 Å². The van der Waals surface area contributed by atoms with E-state index in [1.165, 1.54) is 38.8 Å². The number of Topliss-reactive ketones (excluding diaryl/α,β-unsaturated/α-hetero) is 2. The van der Waals surface area contributed by atoms with Crippen molar-refractivity contribution < 1.29 is 19.6 Å². The fraction of sp³-hybridized carbons (Fsp3) is 0.926. The van der Waals surface area contributed by atoms with Gasteiger partial charge >= 0.3 is 0 Å². The summed E-state index contributed by atoms with van der Waals surface area (Å²) in [5, 5.41) is 11.8. The molecular formula is C27H42NO3+. The molecule has 2 aliphatic heterocycles. The second-order valence-electron chi connectivity index (χ2n) is 13.2. The van der Waals surface area contributed by atoms with Crippen LogP contribution in [0.2, 0.25) is 0 Å². The minimum absolute atomic E-state index is 0.0154. The fourth-order valence-electron chi connectivity index (χ4n) is 10.4. The Hall–Kier alpha value is -0.740. The molecule has 0 spiro atoms. The summed E-state index contributed by atoms with van der Waals surface area (Å²) >= 11 is 0. The Balaban J connectivity index is 1.31. The number of nitrogens with one attached hydrogen (secondary N) is 1. The lowest BCUT2D eigenvalue weighted by atomic mass is 9.52. The third kappa shape index (κ3) is 2.86. The van der Waals surface area contributed by atoms with Crippen LogP contribution in [-0.2, 0) is 9.59 Å². The van der Waals surface area contributed by atoms with E-state index >= 15 is 0 Å². The van der Waals surface area contributed by atoms with Crippen LogP contribution in [0.3, 0.4) is 0 Å². The van der Waals surface area contributed by atoms with E-state index in [2.05, 4.69) is 20.8 Å². The first-order valence-electron chi connectivity index (χ1n) is 13.3. The van der Waals surface area contributed by atoms with Crippen molar-refractivity contribution in [2.45, 2.75) is 90.2 Å². The lowest BCUT2D eigenvalue weighted by Crippen LogP contribution is -3.21. The first kappa shape index (κ1) is 20.8. The highest BCUT2D eigenvalue weighted by molar-refractivity contribution is 5.90. The number of hydrogen-bond acceptors (Lipinski definition) is 3. The number of fused-ring (bicyclic) bond motifs is 8. The Labute approximate surface area is 187 Å². The van der Waals surface area contributed by atoms with Crippen molar-refractivity contribution in [3.05, 3.63) is 0 Å². The molecule has 6 fully saturated rings. The monoisotopic (exact) mass is 428 g/mol. The molecule has 4 nitrogen and oxygen atoms in total. The van der Waals surface area contributed by atoms with Gasteiger partial charge in [-0.1, -0.05) is 13.8 Å². The second-order valence-corrected chi connectivity index (χ2v) is 13.2. The van der Waals surface area contributed by atoms with E-state index in [4.69, 9.17) is 0 Å². The molecule has 0 aromatic rings. The molecule has 4 heteroatoms. The standard InChI is InChI=1S/C27H41NO3/c1-15-4-7-25-27(3,31)21-6-5-17-18(20(21)14-28(25)13-15)11-22-19(17)12-24(30)23-10-16(29)8-9-26(22,23)2/h15,17-23,25,31H,4-14H2,1-3H3/p+1. The molecule has 2 heterocycles. The molecule has 0 aromatic heterocycles. The highest BCUT2D eigenvalue weighted by Crippen LogP contribution is 2.65. The van der Waals surface area contributed by atoms with Gasteiger partial charge in [0.05, 0.1) is 13.1 Å². The molecule has 4 aliphatic carbocycles. The number of quaternary nitrogens is 1. The van der Waals surface area contributed by atoms with Crippen molar-refractivity contribution in [3.63, 3.8) is 0 Å². The van der Waals surface area contributed by atoms with Crippen LogP contribution in [0.5, 0.6) is 0 Å². The van der Waals surface area contributed by atoms with Crippen LogP contribution in [0.1, 0.15) is 78.6 Å². The zero-order chi connectivity index (χ0) is 21.7. The molecule has 2 N–H and O–H groups in total. The molecule has 4 saturated carbocycles. The number of hydrogen-bond donors (Lipinski definition) is 2. The predicted molar refractivity (Wildman–Crippen MR) is 118 cm³/mol. The molecular weight excluding hydrogens is 386 g/mol. The van der Waals surface area contributed by atoms with E-state index in [1.54, 1.807) is 4.90 Å². The van der Waals surface area contributed by atoms with Crippen molar-refractivity contribution in [2.24, 2.45) is 52.8 Å². The zero-order valence-corrected chi connectivity index (χ0v) is 19.7. The molecule has 0 aromatic carbocycles. The Bertz CT molecular complexity index is 791. The Morgan fingerprint density at radius 2 is 1.71 bits per heavy atom. The first-order valence-corrected chi connectivity index (χ1v) is 13.3. The number of carbonyl (C=O) groups excluding carboxylic acids is 2. The molecule has 2 saturated heterocycles. The first-order chi connectivity index (χ1) is 14.7. The van der Waals surface area contributed by atoms with Crippen LogP contribution in [0, 0.1) is 52.8 Å². The van der Waals surface area contributed by atoms with Gasteiger partial charge in [-0.15, -0.1) is 0 Å². The van der Waals surface area contributed by atoms with Gasteiger partial charge in [0, 0.05) is 49.4 Å². The lowest BCUT2D eigenvalue weighted by molar-refractivity contribution is -0.953. The van der Waals surface area contributed by atoms with Gasteiger partial charge in [-0.25, -0.2) is 0 Å². The molecule has 6 rings (SSSR count). The second kappa shape index (κ2) is 6.88. The van der Waals surface area contributed by atoms with Crippen LogP contribution in [0.4, 0.5) is 0 Å². The van der Waals surface area contributed by atoms with Crippen LogP contribution < -0.4 is 4.90 Å². The number of rotatable bonds is 0. The van der Waals surface area contributed by atoms with Gasteiger partial charge in [0.15, 0.2) is 0 Å². The Morgan fingerprint density at radius 1 is 0.903 bits per heavy atom. The van der Waals surface area contributed by atoms with E-state index in [0.29, 0.717) is 66.0 Å². The summed E-state index contributed by atoms with van der Waals surface area (Å²) in [6, 6.07) is 0.415. The topological polar surface area (TPSA) is 58.8 Å². The zero-order valence-electron chi connectivity index (χ0n) is 19.7.